The normalized spacial score (nSPS) is 12.1. The second-order valence-corrected chi connectivity index (χ2v) is 14.8. The molecule has 284 valence electrons. The van der Waals surface area contributed by atoms with Crippen LogP contribution in [0.5, 0.6) is 11.5 Å². The number of hydrogen-bond donors (Lipinski definition) is 0. The van der Waals surface area contributed by atoms with Crippen LogP contribution >= 0.6 is 22.7 Å². The van der Waals surface area contributed by atoms with Crippen LogP contribution in [-0.2, 0) is 32.2 Å². The molecule has 0 aliphatic heterocycles. The molecule has 2 heterocycles. The number of ether oxygens (including phenoxy) is 3. The topological polar surface area (TPSA) is 131 Å². The molecule has 13 heteroatoms. The Morgan fingerprint density at radius 3 is 1.33 bits per heavy atom. The minimum absolute atomic E-state index is 0.0818. The molecule has 0 atom stereocenters. The van der Waals surface area contributed by atoms with E-state index < -0.39 is 23.8 Å². The Kier molecular flexibility index (Phi) is 10.6. The first kappa shape index (κ1) is 37.2. The summed E-state index contributed by atoms with van der Waals surface area (Å²) in [6, 6.07) is 36.8. The van der Waals surface area contributed by atoms with E-state index in [1.54, 1.807) is 71.5 Å². The summed E-state index contributed by atoms with van der Waals surface area (Å²) in [7, 11) is 0. The van der Waals surface area contributed by atoms with Crippen LogP contribution in [0.3, 0.4) is 0 Å². The van der Waals surface area contributed by atoms with Gasteiger partial charge in [0.2, 0.25) is 0 Å². The molecule has 0 N–H and O–H groups in total. The lowest BCUT2D eigenvalue weighted by molar-refractivity contribution is -0.144. The van der Waals surface area contributed by atoms with Gasteiger partial charge in [-0.15, -0.1) is 0 Å². The van der Waals surface area contributed by atoms with E-state index in [1.165, 1.54) is 22.7 Å². The number of benzene rings is 6. The minimum atomic E-state index is -0.475. The maximum atomic E-state index is 13.4. The van der Waals surface area contributed by atoms with Gasteiger partial charge in [-0.05, 0) is 85.3 Å². The quantitative estimate of drug-likeness (QED) is 0.127. The number of rotatable bonds is 10. The molecular formula is C44H34N4O7S2. The second kappa shape index (κ2) is 16.2. The lowest BCUT2D eigenvalue weighted by Crippen LogP contribution is -2.23. The molecule has 2 aromatic heterocycles. The molecule has 2 amide bonds. The van der Waals surface area contributed by atoms with Crippen LogP contribution in [-0.4, -0.2) is 46.1 Å². The van der Waals surface area contributed by atoms with Gasteiger partial charge in [0.15, 0.2) is 9.60 Å². The minimum Gasteiger partial charge on any atom is -0.465 e. The highest BCUT2D eigenvalue weighted by molar-refractivity contribution is 7.17. The highest BCUT2D eigenvalue weighted by Crippen LogP contribution is 2.30. The first-order chi connectivity index (χ1) is 27.8. The van der Waals surface area contributed by atoms with E-state index in [1.807, 2.05) is 72.8 Å². The van der Waals surface area contributed by atoms with Crippen molar-refractivity contribution in [3.63, 3.8) is 0 Å². The lowest BCUT2D eigenvalue weighted by Gasteiger charge is -2.07. The average molecular weight is 795 g/mol. The zero-order valence-electron chi connectivity index (χ0n) is 30.8. The molecule has 0 saturated carbocycles. The molecule has 11 nitrogen and oxygen atoms in total. The third-order valence-corrected chi connectivity index (χ3v) is 11.4. The Labute approximate surface area is 333 Å². The number of thiazole rings is 2. The lowest BCUT2D eigenvalue weighted by atomic mass is 10.1. The van der Waals surface area contributed by atoms with E-state index in [-0.39, 0.29) is 26.3 Å². The second-order valence-electron chi connectivity index (χ2n) is 12.8. The van der Waals surface area contributed by atoms with Crippen molar-refractivity contribution in [3.05, 3.63) is 142 Å². The highest BCUT2D eigenvalue weighted by atomic mass is 32.1. The van der Waals surface area contributed by atoms with Gasteiger partial charge in [-0.25, -0.2) is 0 Å². The van der Waals surface area contributed by atoms with Gasteiger partial charge in [-0.2, -0.15) is 9.98 Å². The van der Waals surface area contributed by atoms with Gasteiger partial charge in [-0.1, -0.05) is 83.3 Å². The zero-order valence-corrected chi connectivity index (χ0v) is 32.5. The molecule has 0 unspecified atom stereocenters. The molecule has 0 radical (unpaired) electrons. The highest BCUT2D eigenvalue weighted by Gasteiger charge is 2.17. The number of fused-ring (bicyclic) bond motifs is 6. The fourth-order valence-corrected chi connectivity index (χ4v) is 8.84. The number of amides is 2. The predicted octanol–water partition coefficient (Wildman–Crippen LogP) is 8.43. The van der Waals surface area contributed by atoms with Crippen LogP contribution in [0.4, 0.5) is 0 Å². The molecule has 0 saturated heterocycles. The fourth-order valence-electron chi connectivity index (χ4n) is 6.51. The van der Waals surface area contributed by atoms with E-state index in [4.69, 9.17) is 14.2 Å². The van der Waals surface area contributed by atoms with Crippen LogP contribution in [0.2, 0.25) is 0 Å². The van der Waals surface area contributed by atoms with E-state index >= 15 is 0 Å². The number of hydrogen-bond acceptors (Lipinski definition) is 9. The predicted molar refractivity (Wildman–Crippen MR) is 221 cm³/mol. The van der Waals surface area contributed by atoms with Gasteiger partial charge in [-0.3, -0.25) is 19.2 Å². The van der Waals surface area contributed by atoms with E-state index in [9.17, 15) is 19.2 Å². The first-order valence-corrected chi connectivity index (χ1v) is 19.8. The van der Waals surface area contributed by atoms with Crippen molar-refractivity contribution in [2.75, 3.05) is 13.2 Å². The standard InChI is InChI=1S/C44H34N4O7S2/c1-3-53-37(49)25-47-35-23-17-27-9-5-7-11-33(27)39(35)56-43(47)45-41(51)29-13-19-31(20-14-29)55-32-21-15-30(16-22-32)42(52)46-44-48(26-38(50)54-4-2)36-24-18-28-10-6-8-12-34(28)40(36)57-44/h5-24H,3-4,25-26H2,1-2H3. The molecule has 0 aliphatic carbocycles. The Morgan fingerprint density at radius 1 is 0.526 bits per heavy atom. The van der Waals surface area contributed by atoms with Crippen LogP contribution in [0, 0.1) is 0 Å². The Hall–Kier alpha value is -6.70. The van der Waals surface area contributed by atoms with Gasteiger partial charge in [0.1, 0.15) is 24.6 Å². The first-order valence-electron chi connectivity index (χ1n) is 18.2. The monoisotopic (exact) mass is 794 g/mol. The van der Waals surface area contributed by atoms with Gasteiger partial charge < -0.3 is 23.3 Å². The average Bonchev–Trinajstić information content (AvgIpc) is 3.75. The van der Waals surface area contributed by atoms with Crippen molar-refractivity contribution in [1.82, 2.24) is 9.13 Å². The van der Waals surface area contributed by atoms with Crippen molar-refractivity contribution < 1.29 is 33.4 Å². The Balaban J connectivity index is 1.02. The van der Waals surface area contributed by atoms with E-state index in [2.05, 4.69) is 9.98 Å². The Bertz CT molecular complexity index is 2790. The van der Waals surface area contributed by atoms with Crippen molar-refractivity contribution in [1.29, 1.82) is 0 Å². The SMILES string of the molecule is CCOC(=O)Cn1c(=NC(=O)c2ccc(Oc3ccc(C(=O)N=c4sc5c6ccccc6ccc5n4CC(=O)OCC)cc3)cc2)sc2c3ccccc3ccc21. The van der Waals surface area contributed by atoms with Crippen molar-refractivity contribution in [2.24, 2.45) is 9.98 Å². The summed E-state index contributed by atoms with van der Waals surface area (Å²) in [4.78, 5) is 61.6. The number of esters is 2. The molecule has 57 heavy (non-hydrogen) atoms. The van der Waals surface area contributed by atoms with Crippen LogP contribution in [0.15, 0.2) is 131 Å². The van der Waals surface area contributed by atoms with Crippen molar-refractivity contribution in [3.8, 4) is 11.5 Å². The summed E-state index contributed by atoms with van der Waals surface area (Å²) in [5.74, 6) is -0.848. The van der Waals surface area contributed by atoms with Crippen molar-refractivity contribution in [2.45, 2.75) is 26.9 Å². The number of aromatic nitrogens is 2. The summed E-state index contributed by atoms with van der Waals surface area (Å²) >= 11 is 2.69. The third kappa shape index (κ3) is 7.75. The summed E-state index contributed by atoms with van der Waals surface area (Å²) in [5, 5.41) is 4.09. The largest absolute Gasteiger partial charge is 0.465 e. The zero-order chi connectivity index (χ0) is 39.5. The number of carbonyl (C=O) groups is 4. The molecule has 0 bridgehead atoms. The fraction of sp³-hybridized carbons (Fsp3) is 0.136. The molecule has 0 spiro atoms. The maximum absolute atomic E-state index is 13.4. The van der Waals surface area contributed by atoms with E-state index in [0.717, 1.165) is 42.0 Å². The van der Waals surface area contributed by atoms with Gasteiger partial charge >= 0.3 is 11.9 Å². The number of carbonyl (C=O) groups excluding carboxylic acids is 4. The van der Waals surface area contributed by atoms with Crippen LogP contribution in [0.1, 0.15) is 34.6 Å². The third-order valence-electron chi connectivity index (χ3n) is 9.17. The summed E-state index contributed by atoms with van der Waals surface area (Å²) in [6.07, 6.45) is 0. The molecule has 8 rings (SSSR count). The van der Waals surface area contributed by atoms with Crippen LogP contribution in [0.25, 0.3) is 42.0 Å². The number of nitrogens with zero attached hydrogens (tertiary/aromatic N) is 4. The van der Waals surface area contributed by atoms with Crippen LogP contribution < -0.4 is 14.3 Å². The smallest absolute Gasteiger partial charge is 0.326 e. The molecule has 6 aromatic carbocycles. The molecule has 0 aliphatic rings. The summed E-state index contributed by atoms with van der Waals surface area (Å²) in [5.41, 5.74) is 2.25. The van der Waals surface area contributed by atoms with E-state index in [0.29, 0.717) is 32.2 Å². The summed E-state index contributed by atoms with van der Waals surface area (Å²) in [6.45, 7) is 3.82. The van der Waals surface area contributed by atoms with Gasteiger partial charge in [0, 0.05) is 21.9 Å². The molecular weight excluding hydrogens is 761 g/mol. The maximum Gasteiger partial charge on any atom is 0.326 e. The molecule has 0 fully saturated rings. The van der Waals surface area contributed by atoms with Gasteiger partial charge in [0.05, 0.1) is 33.6 Å². The Morgan fingerprint density at radius 2 is 0.930 bits per heavy atom. The summed E-state index contributed by atoms with van der Waals surface area (Å²) < 4.78 is 21.7. The van der Waals surface area contributed by atoms with Crippen molar-refractivity contribution >= 4 is 88.4 Å². The van der Waals surface area contributed by atoms with Gasteiger partial charge in [0.25, 0.3) is 11.8 Å². The molecule has 8 aromatic rings.